The fourth-order valence-electron chi connectivity index (χ4n) is 10.1. The molecule has 2 unspecified atom stereocenters. The number of anilines is 1. The second-order valence-corrected chi connectivity index (χ2v) is 18.2. The maximum absolute atomic E-state index is 15.6. The van der Waals surface area contributed by atoms with Crippen LogP contribution < -0.4 is 15.9 Å². The number of carbonyl (C=O) groups excluding carboxylic acids is 4. The molecule has 4 aromatic heterocycles. The van der Waals surface area contributed by atoms with Crippen LogP contribution in [0.25, 0.3) is 33.1 Å². The summed E-state index contributed by atoms with van der Waals surface area (Å²) in [6, 6.07) is 14.7. The van der Waals surface area contributed by atoms with E-state index in [-0.39, 0.29) is 41.6 Å². The topological polar surface area (TPSA) is 176 Å². The summed E-state index contributed by atoms with van der Waals surface area (Å²) >= 11 is 0. The number of amides is 4. The van der Waals surface area contributed by atoms with E-state index in [1.54, 1.807) is 34.8 Å². The molecular formula is C49H58FN11O5. The summed E-state index contributed by atoms with van der Waals surface area (Å²) in [4.78, 5) is 76.2. The van der Waals surface area contributed by atoms with E-state index in [0.29, 0.717) is 60.2 Å². The molecule has 0 aliphatic carbocycles. The van der Waals surface area contributed by atoms with Crippen molar-refractivity contribution in [2.24, 2.45) is 13.0 Å². The zero-order valence-electron chi connectivity index (χ0n) is 37.8. The quantitative estimate of drug-likeness (QED) is 0.157. The number of likely N-dealkylation sites (tertiary alicyclic amines) is 2. The number of aromatic nitrogens is 7. The Morgan fingerprint density at radius 3 is 2.36 bits per heavy atom. The number of hydrogen-bond donors (Lipinski definition) is 2. The van der Waals surface area contributed by atoms with E-state index in [0.717, 1.165) is 86.7 Å². The lowest BCUT2D eigenvalue weighted by Gasteiger charge is -2.33. The molecule has 10 rings (SSSR count). The molecule has 2 aromatic carbocycles. The molecular weight excluding hydrogens is 842 g/mol. The lowest BCUT2D eigenvalue weighted by molar-refractivity contribution is -0.136. The summed E-state index contributed by atoms with van der Waals surface area (Å²) in [7, 11) is 1.71. The van der Waals surface area contributed by atoms with Crippen LogP contribution in [0.1, 0.15) is 106 Å². The predicted octanol–water partition coefficient (Wildman–Crippen LogP) is 6.33. The van der Waals surface area contributed by atoms with Gasteiger partial charge in [0.2, 0.25) is 17.7 Å². The highest BCUT2D eigenvalue weighted by atomic mass is 19.1. The average molecular weight is 900 g/mol. The van der Waals surface area contributed by atoms with Gasteiger partial charge in [-0.3, -0.25) is 38.3 Å². The number of nitrogens with zero attached hydrogens (tertiary/aromatic N) is 9. The molecule has 66 heavy (non-hydrogen) atoms. The number of pyridine rings is 1. The summed E-state index contributed by atoms with van der Waals surface area (Å²) < 4.78 is 20.3. The number of hydrogen-bond acceptors (Lipinski definition) is 9. The van der Waals surface area contributed by atoms with E-state index < -0.39 is 11.9 Å². The van der Waals surface area contributed by atoms with Crippen molar-refractivity contribution in [3.8, 4) is 11.1 Å². The van der Waals surface area contributed by atoms with Gasteiger partial charge < -0.3 is 19.7 Å². The van der Waals surface area contributed by atoms with Gasteiger partial charge in [0.1, 0.15) is 17.6 Å². The molecule has 4 amide bonds. The number of carbonyl (C=O) groups is 4. The lowest BCUT2D eigenvalue weighted by Crippen LogP contribution is -2.44. The highest BCUT2D eigenvalue weighted by Gasteiger charge is 2.32. The highest BCUT2D eigenvalue weighted by molar-refractivity contribution is 6.00. The first-order valence-electron chi connectivity index (χ1n) is 23.5. The first kappa shape index (κ1) is 44.5. The third kappa shape index (κ3) is 9.24. The molecule has 4 aliphatic rings. The Morgan fingerprint density at radius 1 is 0.848 bits per heavy atom. The summed E-state index contributed by atoms with van der Waals surface area (Å²) in [6.45, 7) is 7.54. The summed E-state index contributed by atoms with van der Waals surface area (Å²) in [6.07, 6.45) is 14.6. The van der Waals surface area contributed by atoms with Crippen molar-refractivity contribution in [3.63, 3.8) is 0 Å². The Hall–Kier alpha value is -6.65. The standard InChI is InChI=1S/C25H29N5O3.C24H29FN6O2/c1-3-16-10-12-29(13-11-16)22-8-5-18(15-26-22)17-4-6-19-21(14-17)28(2)25(33)30(19)20-7-9-23(31)27-24(20)32;25-22-19(18-5-4-12-30(16-18)21(32)8-13-31-14-9-26-28-31)7-6-17-15-20(27-23(17)22)24(33)29-10-2-1-3-11-29/h4-6,8,14-16,20H,3,7,9-13H2,1-2H3,(H,27,31,32);6-7,9,14-15,18,27H,1-5,8,10-13,16H2. The van der Waals surface area contributed by atoms with Crippen LogP contribution in [0.4, 0.5) is 10.2 Å². The molecule has 4 saturated heterocycles. The van der Waals surface area contributed by atoms with E-state index in [9.17, 15) is 24.0 Å². The van der Waals surface area contributed by atoms with Crippen LogP contribution in [0.2, 0.25) is 0 Å². The van der Waals surface area contributed by atoms with Gasteiger partial charge in [-0.25, -0.2) is 14.2 Å². The van der Waals surface area contributed by atoms with Crippen LogP contribution in [0, 0.1) is 11.7 Å². The van der Waals surface area contributed by atoms with Crippen LogP contribution in [-0.4, -0.2) is 107 Å². The Bertz CT molecular complexity index is 2780. The number of imidazole rings is 1. The molecule has 0 radical (unpaired) electrons. The number of piperidine rings is 4. The number of imide groups is 1. The van der Waals surface area contributed by atoms with E-state index in [1.807, 2.05) is 46.3 Å². The van der Waals surface area contributed by atoms with Gasteiger partial charge in [-0.15, -0.1) is 5.10 Å². The van der Waals surface area contributed by atoms with Gasteiger partial charge in [0.25, 0.3) is 5.91 Å². The van der Waals surface area contributed by atoms with Gasteiger partial charge >= 0.3 is 5.69 Å². The molecule has 346 valence electrons. The molecule has 17 heteroatoms. The minimum atomic E-state index is -0.678. The van der Waals surface area contributed by atoms with E-state index in [2.05, 4.69) is 44.6 Å². The second kappa shape index (κ2) is 19.4. The van der Waals surface area contributed by atoms with E-state index >= 15 is 4.39 Å². The Kier molecular flexibility index (Phi) is 13.1. The minimum Gasteiger partial charge on any atom is -0.357 e. The van der Waals surface area contributed by atoms with E-state index in [4.69, 9.17) is 4.98 Å². The molecule has 6 aromatic rings. The Balaban J connectivity index is 0.000000166. The van der Waals surface area contributed by atoms with Crippen molar-refractivity contribution in [3.05, 3.63) is 94.7 Å². The molecule has 0 saturated carbocycles. The molecule has 0 bridgehead atoms. The summed E-state index contributed by atoms with van der Waals surface area (Å²) in [5.41, 5.74) is 4.53. The highest BCUT2D eigenvalue weighted by Crippen LogP contribution is 2.34. The van der Waals surface area contributed by atoms with Gasteiger partial charge in [0, 0.05) is 88.4 Å². The largest absolute Gasteiger partial charge is 0.357 e. The maximum atomic E-state index is 15.6. The van der Waals surface area contributed by atoms with Crippen molar-refractivity contribution < 1.29 is 23.6 Å². The minimum absolute atomic E-state index is 0.0472. The Labute approximate surface area is 382 Å². The summed E-state index contributed by atoms with van der Waals surface area (Å²) in [5, 5.41) is 10.7. The normalized spacial score (nSPS) is 19.5. The molecule has 4 aliphatic heterocycles. The average Bonchev–Trinajstić information content (AvgIpc) is 4.10. The number of halogens is 1. The van der Waals surface area contributed by atoms with E-state index in [1.165, 1.54) is 23.8 Å². The zero-order chi connectivity index (χ0) is 45.9. The first-order chi connectivity index (χ1) is 32.1. The molecule has 0 spiro atoms. The van der Waals surface area contributed by atoms with Gasteiger partial charge in [-0.05, 0) is 98.7 Å². The van der Waals surface area contributed by atoms with Crippen LogP contribution in [0.3, 0.4) is 0 Å². The second-order valence-electron chi connectivity index (χ2n) is 18.2. The SMILES string of the molecule is CCC1CCN(c2ccc(-c3ccc4c(c3)n(C)c(=O)n4C3CCC(=O)NC3=O)cn2)CC1.O=C(CCn1ccnn1)N1CCCC(c2ccc3cc(C(=O)N4CCCCC4)[nH]c3c2F)C1. The number of aryl methyl sites for hydroxylation is 2. The summed E-state index contributed by atoms with van der Waals surface area (Å²) in [5.74, 6) is 0.720. The maximum Gasteiger partial charge on any atom is 0.329 e. The molecule has 16 nitrogen and oxygen atoms in total. The third-order valence-corrected chi connectivity index (χ3v) is 14.1. The molecule has 4 fully saturated rings. The van der Waals surface area contributed by atoms with Crippen LogP contribution in [0.15, 0.2) is 71.9 Å². The fourth-order valence-corrected chi connectivity index (χ4v) is 10.1. The number of fused-ring (bicyclic) bond motifs is 2. The first-order valence-corrected chi connectivity index (χ1v) is 23.5. The fraction of sp³-hybridized carbons (Fsp3) is 0.469. The van der Waals surface area contributed by atoms with Crippen molar-refractivity contribution in [2.75, 3.05) is 44.2 Å². The van der Waals surface area contributed by atoms with Gasteiger partial charge in [0.05, 0.1) is 29.3 Å². The number of nitrogens with one attached hydrogen (secondary N) is 2. The van der Waals surface area contributed by atoms with Gasteiger partial charge in [-0.1, -0.05) is 36.8 Å². The number of H-pyrrole nitrogens is 1. The molecule has 2 N–H and O–H groups in total. The van der Waals surface area contributed by atoms with Crippen molar-refractivity contribution in [2.45, 2.75) is 96.1 Å². The van der Waals surface area contributed by atoms with Crippen LogP contribution >= 0.6 is 0 Å². The molecule has 2 atom stereocenters. The lowest BCUT2D eigenvalue weighted by atomic mass is 9.89. The zero-order valence-corrected chi connectivity index (χ0v) is 37.8. The Morgan fingerprint density at radius 2 is 1.64 bits per heavy atom. The molecule has 8 heterocycles. The van der Waals surface area contributed by atoms with Gasteiger partial charge in [0.15, 0.2) is 5.82 Å². The van der Waals surface area contributed by atoms with Crippen molar-refractivity contribution in [1.29, 1.82) is 0 Å². The number of benzene rings is 2. The monoisotopic (exact) mass is 899 g/mol. The smallest absolute Gasteiger partial charge is 0.329 e. The van der Waals surface area contributed by atoms with Crippen molar-refractivity contribution in [1.82, 2.24) is 49.2 Å². The third-order valence-electron chi connectivity index (χ3n) is 14.1. The number of aromatic amines is 1. The van der Waals surface area contributed by atoms with Crippen molar-refractivity contribution >= 4 is 51.4 Å². The number of rotatable bonds is 9. The van der Waals surface area contributed by atoms with Crippen LogP contribution in [0.5, 0.6) is 0 Å². The predicted molar refractivity (Wildman–Crippen MR) is 248 cm³/mol. The van der Waals surface area contributed by atoms with Gasteiger partial charge in [-0.2, -0.15) is 0 Å². The van der Waals surface area contributed by atoms with Crippen LogP contribution in [-0.2, 0) is 28.0 Å².